The van der Waals surface area contributed by atoms with E-state index in [1.54, 1.807) is 17.9 Å². The molecule has 17 heavy (non-hydrogen) atoms. The molecule has 1 fully saturated rings. The molecule has 1 aliphatic carbocycles. The lowest BCUT2D eigenvalue weighted by atomic mass is 10.3. The van der Waals surface area contributed by atoms with Crippen LogP contribution in [0.25, 0.3) is 0 Å². The number of carbonyl (C=O) groups excluding carboxylic acids is 1. The van der Waals surface area contributed by atoms with Gasteiger partial charge in [-0.05, 0) is 12.8 Å². The minimum atomic E-state index is -0.904. The number of nitrogens with zero attached hydrogens (tertiary/aromatic N) is 3. The molecule has 0 atom stereocenters. The molecule has 1 aliphatic rings. The summed E-state index contributed by atoms with van der Waals surface area (Å²) in [6, 6.07) is 0.445. The molecule has 92 valence electrons. The first kappa shape index (κ1) is 11.6. The van der Waals surface area contributed by atoms with E-state index in [0.717, 1.165) is 12.8 Å². The highest BCUT2D eigenvalue weighted by Gasteiger charge is 2.25. The fraction of sp³-hybridized carbons (Fsp3) is 0.545. The Labute approximate surface area is 98.8 Å². The molecule has 0 radical (unpaired) electrons. The quantitative estimate of drug-likeness (QED) is 0.820. The standard InChI is InChI=1S/C11H15N3O3/c1-13(5-4-10(15)16)11(17)8-6-12-14(7-8)9-2-3-9/h6-7,9H,2-5H2,1H3,(H,15,16). The summed E-state index contributed by atoms with van der Waals surface area (Å²) < 4.78 is 1.80. The van der Waals surface area contributed by atoms with Gasteiger partial charge in [0.05, 0.1) is 24.2 Å². The zero-order valence-corrected chi connectivity index (χ0v) is 9.67. The predicted octanol–water partition coefficient (Wildman–Crippen LogP) is 0.765. The van der Waals surface area contributed by atoms with E-state index >= 15 is 0 Å². The monoisotopic (exact) mass is 237 g/mol. The molecular formula is C11H15N3O3. The molecule has 6 nitrogen and oxygen atoms in total. The minimum Gasteiger partial charge on any atom is -0.481 e. The van der Waals surface area contributed by atoms with Gasteiger partial charge in [0, 0.05) is 19.8 Å². The van der Waals surface area contributed by atoms with Crippen LogP contribution in [0.15, 0.2) is 12.4 Å². The highest BCUT2D eigenvalue weighted by Crippen LogP contribution is 2.34. The van der Waals surface area contributed by atoms with Crippen molar-refractivity contribution in [2.24, 2.45) is 0 Å². The zero-order valence-electron chi connectivity index (χ0n) is 9.67. The van der Waals surface area contributed by atoms with E-state index in [1.165, 1.54) is 11.1 Å². The van der Waals surface area contributed by atoms with E-state index in [9.17, 15) is 9.59 Å². The summed E-state index contributed by atoms with van der Waals surface area (Å²) in [7, 11) is 1.60. The highest BCUT2D eigenvalue weighted by molar-refractivity contribution is 5.93. The van der Waals surface area contributed by atoms with Crippen LogP contribution < -0.4 is 0 Å². The van der Waals surface area contributed by atoms with Crippen molar-refractivity contribution in [2.45, 2.75) is 25.3 Å². The first-order valence-electron chi connectivity index (χ1n) is 5.59. The van der Waals surface area contributed by atoms with Crippen molar-refractivity contribution >= 4 is 11.9 Å². The molecule has 1 N–H and O–H groups in total. The Morgan fingerprint density at radius 3 is 2.88 bits per heavy atom. The average Bonchev–Trinajstić information content (AvgIpc) is 3.03. The molecule has 2 rings (SSSR count). The van der Waals surface area contributed by atoms with Gasteiger partial charge in [0.1, 0.15) is 0 Å². The Hall–Kier alpha value is -1.85. The van der Waals surface area contributed by atoms with Crippen molar-refractivity contribution in [3.05, 3.63) is 18.0 Å². The van der Waals surface area contributed by atoms with Crippen LogP contribution in [0.2, 0.25) is 0 Å². The van der Waals surface area contributed by atoms with Crippen LogP contribution in [0.5, 0.6) is 0 Å². The molecule has 1 heterocycles. The van der Waals surface area contributed by atoms with Gasteiger partial charge in [-0.15, -0.1) is 0 Å². The van der Waals surface area contributed by atoms with Gasteiger partial charge in [0.15, 0.2) is 0 Å². The smallest absolute Gasteiger partial charge is 0.305 e. The molecule has 1 amide bonds. The number of aromatic nitrogens is 2. The van der Waals surface area contributed by atoms with Crippen molar-refractivity contribution < 1.29 is 14.7 Å². The maximum absolute atomic E-state index is 11.9. The number of carboxylic acid groups (broad SMARTS) is 1. The summed E-state index contributed by atoms with van der Waals surface area (Å²) in [6.45, 7) is 0.211. The highest BCUT2D eigenvalue weighted by atomic mass is 16.4. The molecule has 0 bridgehead atoms. The normalized spacial score (nSPS) is 14.6. The molecule has 1 aromatic heterocycles. The Morgan fingerprint density at radius 1 is 1.59 bits per heavy atom. The fourth-order valence-corrected chi connectivity index (χ4v) is 1.57. The Morgan fingerprint density at radius 2 is 2.29 bits per heavy atom. The third-order valence-corrected chi connectivity index (χ3v) is 2.78. The van der Waals surface area contributed by atoms with E-state index in [0.29, 0.717) is 11.6 Å². The average molecular weight is 237 g/mol. The van der Waals surface area contributed by atoms with Gasteiger partial charge in [-0.25, -0.2) is 0 Å². The SMILES string of the molecule is CN(CCC(=O)O)C(=O)c1cnn(C2CC2)c1. The van der Waals surface area contributed by atoms with Crippen LogP contribution in [0, 0.1) is 0 Å². The van der Waals surface area contributed by atoms with Crippen LogP contribution in [0.3, 0.4) is 0 Å². The molecule has 0 saturated heterocycles. The maximum Gasteiger partial charge on any atom is 0.305 e. The lowest BCUT2D eigenvalue weighted by molar-refractivity contribution is -0.137. The van der Waals surface area contributed by atoms with Gasteiger partial charge in [-0.3, -0.25) is 14.3 Å². The van der Waals surface area contributed by atoms with E-state index in [1.807, 2.05) is 0 Å². The molecule has 1 aromatic rings. The van der Waals surface area contributed by atoms with Gasteiger partial charge < -0.3 is 10.0 Å². The number of aliphatic carboxylic acids is 1. The van der Waals surface area contributed by atoms with Gasteiger partial charge >= 0.3 is 5.97 Å². The summed E-state index contributed by atoms with van der Waals surface area (Å²) in [5.41, 5.74) is 0.518. The summed E-state index contributed by atoms with van der Waals surface area (Å²) in [5.74, 6) is -1.09. The van der Waals surface area contributed by atoms with Gasteiger partial charge in [-0.1, -0.05) is 0 Å². The predicted molar refractivity (Wildman–Crippen MR) is 59.7 cm³/mol. The first-order valence-corrected chi connectivity index (χ1v) is 5.59. The van der Waals surface area contributed by atoms with Crippen molar-refractivity contribution in [2.75, 3.05) is 13.6 Å². The maximum atomic E-state index is 11.9. The lowest BCUT2D eigenvalue weighted by Gasteiger charge is -2.14. The van der Waals surface area contributed by atoms with Crippen LogP contribution >= 0.6 is 0 Å². The Balaban J connectivity index is 1.95. The van der Waals surface area contributed by atoms with Crippen LogP contribution in [0.4, 0.5) is 0 Å². The van der Waals surface area contributed by atoms with Crippen molar-refractivity contribution in [3.63, 3.8) is 0 Å². The molecule has 6 heteroatoms. The van der Waals surface area contributed by atoms with Crippen molar-refractivity contribution in [3.8, 4) is 0 Å². The molecular weight excluding hydrogens is 222 g/mol. The van der Waals surface area contributed by atoms with Gasteiger partial charge in [0.25, 0.3) is 5.91 Å². The third kappa shape index (κ3) is 2.83. The zero-order chi connectivity index (χ0) is 12.4. The van der Waals surface area contributed by atoms with E-state index in [-0.39, 0.29) is 18.9 Å². The van der Waals surface area contributed by atoms with Crippen LogP contribution in [0.1, 0.15) is 35.7 Å². The van der Waals surface area contributed by atoms with Crippen molar-refractivity contribution in [1.29, 1.82) is 0 Å². The van der Waals surface area contributed by atoms with E-state index in [2.05, 4.69) is 5.10 Å². The number of amides is 1. The van der Waals surface area contributed by atoms with E-state index in [4.69, 9.17) is 5.11 Å². The number of hydrogen-bond donors (Lipinski definition) is 1. The minimum absolute atomic E-state index is 0.0427. The van der Waals surface area contributed by atoms with E-state index < -0.39 is 5.97 Å². The van der Waals surface area contributed by atoms with Gasteiger partial charge in [-0.2, -0.15) is 5.10 Å². The molecule has 0 aromatic carbocycles. The fourth-order valence-electron chi connectivity index (χ4n) is 1.57. The first-order chi connectivity index (χ1) is 8.08. The second-order valence-electron chi connectivity index (χ2n) is 4.31. The molecule has 0 spiro atoms. The lowest BCUT2D eigenvalue weighted by Crippen LogP contribution is -2.28. The summed E-state index contributed by atoms with van der Waals surface area (Å²) in [4.78, 5) is 23.7. The second kappa shape index (κ2) is 4.57. The number of carbonyl (C=O) groups is 2. The Bertz CT molecular complexity index is 437. The third-order valence-electron chi connectivity index (χ3n) is 2.78. The summed E-state index contributed by atoms with van der Waals surface area (Å²) in [6.07, 6.45) is 5.46. The topological polar surface area (TPSA) is 75.4 Å². The summed E-state index contributed by atoms with van der Waals surface area (Å²) in [5, 5.41) is 12.7. The number of carboxylic acids is 1. The Kier molecular flexibility index (Phi) is 3.12. The summed E-state index contributed by atoms with van der Waals surface area (Å²) >= 11 is 0. The van der Waals surface area contributed by atoms with Crippen molar-refractivity contribution in [1.82, 2.24) is 14.7 Å². The van der Waals surface area contributed by atoms with Gasteiger partial charge in [0.2, 0.25) is 0 Å². The second-order valence-corrected chi connectivity index (χ2v) is 4.31. The largest absolute Gasteiger partial charge is 0.481 e. The number of rotatable bonds is 5. The molecule has 1 saturated carbocycles. The van der Waals surface area contributed by atoms with Crippen LogP contribution in [-0.4, -0.2) is 45.3 Å². The molecule has 0 aliphatic heterocycles. The van der Waals surface area contributed by atoms with Crippen LogP contribution in [-0.2, 0) is 4.79 Å². The number of hydrogen-bond acceptors (Lipinski definition) is 3. The molecule has 0 unspecified atom stereocenters.